The summed E-state index contributed by atoms with van der Waals surface area (Å²) in [5, 5.41) is 8.78. The molecule has 1 aliphatic heterocycles. The number of para-hydroxylation sites is 1. The number of hydrogen-bond acceptors (Lipinski definition) is 4. The van der Waals surface area contributed by atoms with Gasteiger partial charge in [0.2, 0.25) is 0 Å². The minimum Gasteiger partial charge on any atom is -0.487 e. The van der Waals surface area contributed by atoms with Crippen molar-refractivity contribution in [2.24, 2.45) is 0 Å². The van der Waals surface area contributed by atoms with Crippen LogP contribution in [0.3, 0.4) is 0 Å². The maximum atomic E-state index is 10.7. The highest BCUT2D eigenvalue weighted by Gasteiger charge is 2.27. The zero-order valence-electron chi connectivity index (χ0n) is 9.01. The lowest BCUT2D eigenvalue weighted by atomic mass is 10.1. The van der Waals surface area contributed by atoms with Crippen molar-refractivity contribution in [2.75, 3.05) is 24.3 Å². The summed E-state index contributed by atoms with van der Waals surface area (Å²) in [6.07, 6.45) is 0.0603. The molecule has 0 amide bonds. The summed E-state index contributed by atoms with van der Waals surface area (Å²) in [5.41, 5.74) is 7.21. The number of ether oxygens (including phenoxy) is 1. The average molecular weight is 222 g/mol. The van der Waals surface area contributed by atoms with Crippen molar-refractivity contribution in [1.82, 2.24) is 0 Å². The van der Waals surface area contributed by atoms with Gasteiger partial charge in [0.05, 0.1) is 23.8 Å². The van der Waals surface area contributed by atoms with E-state index >= 15 is 0 Å². The van der Waals surface area contributed by atoms with Crippen molar-refractivity contribution in [3.63, 3.8) is 0 Å². The van der Waals surface area contributed by atoms with Crippen LogP contribution in [0.15, 0.2) is 18.2 Å². The Morgan fingerprint density at radius 1 is 1.69 bits per heavy atom. The van der Waals surface area contributed by atoms with Gasteiger partial charge in [0.1, 0.15) is 6.61 Å². The van der Waals surface area contributed by atoms with Crippen LogP contribution >= 0.6 is 0 Å². The predicted molar refractivity (Wildman–Crippen MR) is 60.8 cm³/mol. The van der Waals surface area contributed by atoms with Gasteiger partial charge < -0.3 is 20.5 Å². The fourth-order valence-corrected chi connectivity index (χ4v) is 1.86. The lowest BCUT2D eigenvalue weighted by Crippen LogP contribution is -2.41. The van der Waals surface area contributed by atoms with Crippen LogP contribution in [-0.2, 0) is 4.79 Å². The third-order valence-corrected chi connectivity index (χ3v) is 2.78. The molecule has 0 bridgehead atoms. The van der Waals surface area contributed by atoms with Gasteiger partial charge in [-0.2, -0.15) is 0 Å². The molecule has 1 atom stereocenters. The number of nitrogens with two attached hydrogens (primary N) is 1. The number of rotatable bonds is 2. The second-order valence-corrected chi connectivity index (χ2v) is 3.87. The van der Waals surface area contributed by atoms with Crippen LogP contribution in [0.5, 0.6) is 5.75 Å². The number of nitrogen functional groups attached to an aromatic ring is 1. The standard InChI is InChI=1S/C11H14N2O3/c1-13-7(5-10(14)15)6-16-11-8(12)3-2-4-9(11)13/h2-4,7H,5-6,12H2,1H3,(H,14,15). The number of anilines is 2. The third kappa shape index (κ3) is 1.76. The van der Waals surface area contributed by atoms with Gasteiger partial charge in [0, 0.05) is 7.05 Å². The van der Waals surface area contributed by atoms with Crippen LogP contribution in [0.25, 0.3) is 0 Å². The monoisotopic (exact) mass is 222 g/mol. The Morgan fingerprint density at radius 3 is 3.12 bits per heavy atom. The summed E-state index contributed by atoms with van der Waals surface area (Å²) in [6, 6.07) is 5.33. The van der Waals surface area contributed by atoms with E-state index in [1.165, 1.54) is 0 Å². The Bertz CT molecular complexity index is 420. The molecule has 16 heavy (non-hydrogen) atoms. The molecule has 0 saturated heterocycles. The molecule has 0 spiro atoms. The Labute approximate surface area is 93.4 Å². The van der Waals surface area contributed by atoms with Crippen LogP contribution < -0.4 is 15.4 Å². The number of carbonyl (C=O) groups is 1. The molecular formula is C11H14N2O3. The summed E-state index contributed by atoms with van der Waals surface area (Å²) in [7, 11) is 1.86. The van der Waals surface area contributed by atoms with Crippen molar-refractivity contribution in [2.45, 2.75) is 12.5 Å². The SMILES string of the molecule is CN1c2cccc(N)c2OCC1CC(=O)O. The van der Waals surface area contributed by atoms with Gasteiger partial charge in [-0.15, -0.1) is 0 Å². The molecular weight excluding hydrogens is 208 g/mol. The molecule has 1 aromatic carbocycles. The normalized spacial score (nSPS) is 18.8. The Morgan fingerprint density at radius 2 is 2.44 bits per heavy atom. The minimum absolute atomic E-state index is 0.0603. The molecule has 1 aromatic rings. The first-order valence-corrected chi connectivity index (χ1v) is 5.05. The first kappa shape index (κ1) is 10.6. The van der Waals surface area contributed by atoms with Gasteiger partial charge >= 0.3 is 5.97 Å². The van der Waals surface area contributed by atoms with Crippen LogP contribution in [0.1, 0.15) is 6.42 Å². The predicted octanol–water partition coefficient (Wildman–Crippen LogP) is 0.941. The van der Waals surface area contributed by atoms with Crippen molar-refractivity contribution in [1.29, 1.82) is 0 Å². The van der Waals surface area contributed by atoms with Gasteiger partial charge in [0.15, 0.2) is 5.75 Å². The molecule has 1 aliphatic rings. The van der Waals surface area contributed by atoms with E-state index in [0.717, 1.165) is 5.69 Å². The molecule has 2 rings (SSSR count). The highest BCUT2D eigenvalue weighted by molar-refractivity contribution is 5.73. The number of fused-ring (bicyclic) bond motifs is 1. The maximum Gasteiger partial charge on any atom is 0.305 e. The van der Waals surface area contributed by atoms with E-state index in [0.29, 0.717) is 18.0 Å². The van der Waals surface area contributed by atoms with Gasteiger partial charge in [-0.3, -0.25) is 4.79 Å². The molecule has 1 unspecified atom stereocenters. The summed E-state index contributed by atoms with van der Waals surface area (Å²) in [4.78, 5) is 12.6. The fourth-order valence-electron chi connectivity index (χ4n) is 1.86. The minimum atomic E-state index is -0.826. The number of hydrogen-bond donors (Lipinski definition) is 2. The molecule has 0 saturated carbocycles. The Kier molecular flexibility index (Phi) is 2.60. The molecule has 3 N–H and O–H groups in total. The highest BCUT2D eigenvalue weighted by Crippen LogP contribution is 2.37. The van der Waals surface area contributed by atoms with Crippen molar-refractivity contribution in [3.8, 4) is 5.75 Å². The molecule has 0 aromatic heterocycles. The molecule has 0 aliphatic carbocycles. The van der Waals surface area contributed by atoms with Crippen LogP contribution in [-0.4, -0.2) is 30.8 Å². The Balaban J connectivity index is 2.28. The van der Waals surface area contributed by atoms with Crippen LogP contribution in [0, 0.1) is 0 Å². The number of carboxylic acids is 1. The van der Waals surface area contributed by atoms with Gasteiger partial charge in [-0.1, -0.05) is 6.07 Å². The van der Waals surface area contributed by atoms with E-state index < -0.39 is 5.97 Å². The quantitative estimate of drug-likeness (QED) is 0.728. The summed E-state index contributed by atoms with van der Waals surface area (Å²) < 4.78 is 5.51. The largest absolute Gasteiger partial charge is 0.487 e. The molecule has 86 valence electrons. The molecule has 0 fully saturated rings. The van der Waals surface area contributed by atoms with E-state index in [4.69, 9.17) is 15.6 Å². The van der Waals surface area contributed by atoms with E-state index in [2.05, 4.69) is 0 Å². The second kappa shape index (κ2) is 3.92. The maximum absolute atomic E-state index is 10.7. The van der Waals surface area contributed by atoms with E-state index in [1.807, 2.05) is 24.1 Å². The first-order valence-electron chi connectivity index (χ1n) is 5.05. The second-order valence-electron chi connectivity index (χ2n) is 3.87. The zero-order chi connectivity index (χ0) is 11.7. The molecule has 5 heteroatoms. The first-order chi connectivity index (χ1) is 7.59. The topological polar surface area (TPSA) is 75.8 Å². The Hall–Kier alpha value is -1.91. The van der Waals surface area contributed by atoms with Gasteiger partial charge in [-0.25, -0.2) is 0 Å². The van der Waals surface area contributed by atoms with E-state index in [9.17, 15) is 4.79 Å². The molecule has 1 heterocycles. The van der Waals surface area contributed by atoms with Gasteiger partial charge in [-0.05, 0) is 12.1 Å². The smallest absolute Gasteiger partial charge is 0.305 e. The lowest BCUT2D eigenvalue weighted by Gasteiger charge is -2.35. The summed E-state index contributed by atoms with van der Waals surface area (Å²) >= 11 is 0. The van der Waals surface area contributed by atoms with Crippen LogP contribution in [0.4, 0.5) is 11.4 Å². The number of likely N-dealkylation sites (N-methyl/N-ethyl adjacent to an activating group) is 1. The number of carboxylic acid groups (broad SMARTS) is 1. The number of nitrogens with zero attached hydrogens (tertiary/aromatic N) is 1. The fraction of sp³-hybridized carbons (Fsp3) is 0.364. The van der Waals surface area contributed by atoms with Crippen molar-refractivity contribution >= 4 is 17.3 Å². The zero-order valence-corrected chi connectivity index (χ0v) is 9.01. The molecule has 5 nitrogen and oxygen atoms in total. The number of benzene rings is 1. The van der Waals surface area contributed by atoms with Crippen molar-refractivity contribution in [3.05, 3.63) is 18.2 Å². The summed E-state index contributed by atoms with van der Waals surface area (Å²) in [6.45, 7) is 0.351. The van der Waals surface area contributed by atoms with Crippen molar-refractivity contribution < 1.29 is 14.6 Å². The van der Waals surface area contributed by atoms with Gasteiger partial charge in [0.25, 0.3) is 0 Å². The molecule has 0 radical (unpaired) electrons. The van der Waals surface area contributed by atoms with E-state index in [-0.39, 0.29) is 12.5 Å². The van der Waals surface area contributed by atoms with Crippen LogP contribution in [0.2, 0.25) is 0 Å². The highest BCUT2D eigenvalue weighted by atomic mass is 16.5. The lowest BCUT2D eigenvalue weighted by molar-refractivity contribution is -0.137. The third-order valence-electron chi connectivity index (χ3n) is 2.78. The summed E-state index contributed by atoms with van der Waals surface area (Å²) in [5.74, 6) is -0.181. The number of aliphatic carboxylic acids is 1. The average Bonchev–Trinajstić information content (AvgIpc) is 2.23. The van der Waals surface area contributed by atoms with E-state index in [1.54, 1.807) is 6.07 Å².